The van der Waals surface area contributed by atoms with Crippen LogP contribution in [0.2, 0.25) is 0 Å². The molecule has 0 aliphatic carbocycles. The Morgan fingerprint density at radius 1 is 0.974 bits per heavy atom. The van der Waals surface area contributed by atoms with Gasteiger partial charge >= 0.3 is 0 Å². The van der Waals surface area contributed by atoms with Gasteiger partial charge in [-0.2, -0.15) is 0 Å². The van der Waals surface area contributed by atoms with Crippen molar-refractivity contribution in [2.24, 2.45) is 5.73 Å². The Morgan fingerprint density at radius 2 is 1.68 bits per heavy atom. The molecule has 38 heavy (non-hydrogen) atoms. The minimum Gasteiger partial charge on any atom is -0.403 e. The molecule has 2 heterocycles. The van der Waals surface area contributed by atoms with E-state index in [4.69, 9.17) is 15.7 Å². The summed E-state index contributed by atoms with van der Waals surface area (Å²) in [7, 11) is 6.09. The molecule has 0 amide bonds. The number of hydrogen-bond donors (Lipinski definition) is 2. The van der Waals surface area contributed by atoms with Gasteiger partial charge in [-0.1, -0.05) is 26.8 Å². The molecule has 1 aromatic heterocycles. The summed E-state index contributed by atoms with van der Waals surface area (Å²) in [5, 5.41) is 2.71. The summed E-state index contributed by atoms with van der Waals surface area (Å²) in [5.74, 6) is 0. The number of likely N-dealkylation sites (N-methyl/N-ethyl adjacent to an activating group) is 3. The van der Waals surface area contributed by atoms with Crippen molar-refractivity contribution in [1.29, 1.82) is 0 Å². The molecule has 1 aromatic carbocycles. The number of rotatable bonds is 15. The monoisotopic (exact) mass is 524 g/mol. The second-order valence-corrected chi connectivity index (χ2v) is 10.1. The van der Waals surface area contributed by atoms with Gasteiger partial charge in [0, 0.05) is 65.2 Å². The maximum atomic E-state index is 4.90. The topological polar surface area (TPSA) is 76.8 Å². The quantitative estimate of drug-likeness (QED) is 0.336. The highest BCUT2D eigenvalue weighted by molar-refractivity contribution is 5.74. The lowest BCUT2D eigenvalue weighted by Gasteiger charge is -2.32. The molecule has 1 aliphatic heterocycles. The van der Waals surface area contributed by atoms with Crippen molar-refractivity contribution in [3.05, 3.63) is 60.5 Å². The zero-order chi connectivity index (χ0) is 27.8. The fourth-order valence-corrected chi connectivity index (χ4v) is 4.77. The van der Waals surface area contributed by atoms with E-state index in [1.165, 1.54) is 57.1 Å². The first kappa shape index (κ1) is 31.4. The number of nitrogens with two attached hydrogens (primary N) is 1. The normalized spacial score (nSPS) is 13.8. The molecular formula is C30H52N8. The highest BCUT2D eigenvalue weighted by Gasteiger charge is 2.22. The van der Waals surface area contributed by atoms with Crippen molar-refractivity contribution in [1.82, 2.24) is 34.9 Å². The number of hydrogen-bond acceptors (Lipinski definition) is 8. The Labute approximate surface area is 231 Å². The minimum atomic E-state index is 0.392. The van der Waals surface area contributed by atoms with Gasteiger partial charge in [0.1, 0.15) is 6.17 Å². The largest absolute Gasteiger partial charge is 0.403 e. The summed E-state index contributed by atoms with van der Waals surface area (Å²) in [6.07, 6.45) is 15.6. The molecule has 2 aromatic rings. The van der Waals surface area contributed by atoms with Crippen LogP contribution in [0.25, 0.3) is 11.0 Å². The van der Waals surface area contributed by atoms with Gasteiger partial charge in [0.05, 0.1) is 16.7 Å². The Kier molecular flexibility index (Phi) is 14.6. The van der Waals surface area contributed by atoms with Gasteiger partial charge in [0.15, 0.2) is 0 Å². The fraction of sp³-hybridized carbons (Fsp3) is 0.600. The van der Waals surface area contributed by atoms with E-state index >= 15 is 0 Å². The zero-order valence-corrected chi connectivity index (χ0v) is 24.7. The van der Waals surface area contributed by atoms with E-state index in [9.17, 15) is 0 Å². The number of aromatic nitrogens is 2. The van der Waals surface area contributed by atoms with Crippen LogP contribution in [0.4, 0.5) is 0 Å². The van der Waals surface area contributed by atoms with E-state index in [1.807, 2.05) is 6.20 Å². The van der Waals surface area contributed by atoms with Crippen LogP contribution in [0.15, 0.2) is 49.2 Å². The molecule has 0 saturated heterocycles. The second kappa shape index (κ2) is 17.6. The summed E-state index contributed by atoms with van der Waals surface area (Å²) < 4.78 is 0. The first-order valence-electron chi connectivity index (χ1n) is 14.3. The maximum absolute atomic E-state index is 4.90. The van der Waals surface area contributed by atoms with Crippen molar-refractivity contribution in [3.63, 3.8) is 0 Å². The summed E-state index contributed by atoms with van der Waals surface area (Å²) in [6.45, 7) is 13.4. The Bertz CT molecular complexity index is 958. The number of nitrogens with zero attached hydrogens (tertiary/aromatic N) is 6. The average molecular weight is 525 g/mol. The van der Waals surface area contributed by atoms with E-state index < -0.39 is 0 Å². The van der Waals surface area contributed by atoms with E-state index in [-0.39, 0.29) is 0 Å². The van der Waals surface area contributed by atoms with Crippen molar-refractivity contribution in [2.45, 2.75) is 65.6 Å². The number of benzene rings is 1. The molecule has 0 bridgehead atoms. The van der Waals surface area contributed by atoms with Gasteiger partial charge in [0.2, 0.25) is 0 Å². The standard InChI is InChI=1S/C27H44N6.C3H8N2/c1-6-14-33(15-7-2)16-10-9-11-24-20-28-26-19-23(12-13-25(26)29-24)21-32(8-3)22-27-30(4)17-18-31(27)5;1-5-3-2-4/h12-13,17-20,27H,6-11,14-16,21-22H2,1-5H3;2-3,5H,4H2,1H3/b;3-2-. The molecule has 8 heteroatoms. The number of unbranched alkanes of at least 4 members (excludes halogenated alkanes) is 1. The van der Waals surface area contributed by atoms with Crippen LogP contribution < -0.4 is 11.1 Å². The van der Waals surface area contributed by atoms with Gasteiger partial charge in [-0.25, -0.2) is 4.98 Å². The molecular weight excluding hydrogens is 472 g/mol. The number of fused-ring (bicyclic) bond motifs is 1. The van der Waals surface area contributed by atoms with Crippen LogP contribution in [0, 0.1) is 0 Å². The first-order valence-corrected chi connectivity index (χ1v) is 14.3. The van der Waals surface area contributed by atoms with Crippen LogP contribution >= 0.6 is 0 Å². The van der Waals surface area contributed by atoms with E-state index in [1.54, 1.807) is 13.2 Å². The molecule has 0 saturated carbocycles. The molecule has 0 radical (unpaired) electrons. The smallest absolute Gasteiger partial charge is 0.113 e. The fourth-order valence-electron chi connectivity index (χ4n) is 4.77. The second-order valence-electron chi connectivity index (χ2n) is 10.1. The summed E-state index contributed by atoms with van der Waals surface area (Å²) >= 11 is 0. The Hall–Kier alpha value is -2.84. The molecule has 1 aliphatic rings. The van der Waals surface area contributed by atoms with Gasteiger partial charge < -0.3 is 25.8 Å². The van der Waals surface area contributed by atoms with Gasteiger partial charge in [0.25, 0.3) is 0 Å². The summed E-state index contributed by atoms with van der Waals surface area (Å²) in [6, 6.07) is 6.58. The average Bonchev–Trinajstić information content (AvgIpc) is 3.23. The van der Waals surface area contributed by atoms with Crippen LogP contribution in [0.1, 0.15) is 57.7 Å². The third-order valence-electron chi connectivity index (χ3n) is 6.91. The highest BCUT2D eigenvalue weighted by atomic mass is 15.4. The SMILES string of the molecule is CCCN(CCC)CCCCc1cnc2cc(CN(CC)CC3N(C)C=CN3C)ccc2n1.CN/C=C\N. The molecule has 212 valence electrons. The van der Waals surface area contributed by atoms with Gasteiger partial charge in [-0.05, 0) is 76.0 Å². The lowest BCUT2D eigenvalue weighted by atomic mass is 10.1. The van der Waals surface area contributed by atoms with Gasteiger partial charge in [-0.3, -0.25) is 9.88 Å². The lowest BCUT2D eigenvalue weighted by molar-refractivity contribution is 0.129. The summed E-state index contributed by atoms with van der Waals surface area (Å²) in [4.78, 5) is 19.3. The van der Waals surface area contributed by atoms with Crippen LogP contribution in [-0.2, 0) is 13.0 Å². The third-order valence-corrected chi connectivity index (χ3v) is 6.91. The maximum Gasteiger partial charge on any atom is 0.113 e. The molecule has 0 unspecified atom stereocenters. The third kappa shape index (κ3) is 10.5. The van der Waals surface area contributed by atoms with Crippen LogP contribution in [0.3, 0.4) is 0 Å². The van der Waals surface area contributed by atoms with E-state index in [0.717, 1.165) is 42.8 Å². The Morgan fingerprint density at radius 3 is 2.26 bits per heavy atom. The lowest BCUT2D eigenvalue weighted by Crippen LogP contribution is -2.44. The molecule has 8 nitrogen and oxygen atoms in total. The number of nitrogens with one attached hydrogen (secondary N) is 1. The minimum absolute atomic E-state index is 0.392. The molecule has 0 spiro atoms. The molecule has 0 fully saturated rings. The molecule has 3 N–H and O–H groups in total. The van der Waals surface area contributed by atoms with Crippen molar-refractivity contribution >= 4 is 11.0 Å². The van der Waals surface area contributed by atoms with Crippen molar-refractivity contribution in [2.75, 3.05) is 53.9 Å². The molecule has 3 rings (SSSR count). The van der Waals surface area contributed by atoms with Crippen molar-refractivity contribution < 1.29 is 0 Å². The zero-order valence-electron chi connectivity index (χ0n) is 24.7. The van der Waals surface area contributed by atoms with Gasteiger partial charge in [-0.15, -0.1) is 0 Å². The van der Waals surface area contributed by atoms with Crippen LogP contribution in [-0.4, -0.2) is 89.6 Å². The first-order chi connectivity index (χ1) is 18.4. The van der Waals surface area contributed by atoms with E-state index in [0.29, 0.717) is 6.17 Å². The van der Waals surface area contributed by atoms with Crippen LogP contribution in [0.5, 0.6) is 0 Å². The highest BCUT2D eigenvalue weighted by Crippen LogP contribution is 2.17. The van der Waals surface area contributed by atoms with E-state index in [2.05, 4.69) is 90.4 Å². The predicted octanol–water partition coefficient (Wildman–Crippen LogP) is 4.21. The molecule has 0 atom stereocenters. The number of aryl methyl sites for hydroxylation is 1. The summed E-state index contributed by atoms with van der Waals surface area (Å²) in [5.41, 5.74) is 9.32. The Balaban J connectivity index is 0.000000926. The van der Waals surface area contributed by atoms with Crippen molar-refractivity contribution in [3.8, 4) is 0 Å². The predicted molar refractivity (Wildman–Crippen MR) is 161 cm³/mol.